The second-order valence-electron chi connectivity index (χ2n) is 8.98. The lowest BCUT2D eigenvalue weighted by atomic mass is 9.95. The van der Waals surface area contributed by atoms with Crippen LogP contribution in [-0.4, -0.2) is 55.7 Å². The van der Waals surface area contributed by atoms with Gasteiger partial charge in [-0.1, -0.05) is 19.1 Å². The summed E-state index contributed by atoms with van der Waals surface area (Å²) >= 11 is 0. The average molecular weight is 487 g/mol. The minimum atomic E-state index is -3.77. The van der Waals surface area contributed by atoms with Gasteiger partial charge in [0.05, 0.1) is 4.90 Å². The first kappa shape index (κ1) is 25.9. The van der Waals surface area contributed by atoms with E-state index in [4.69, 9.17) is 5.14 Å². The van der Waals surface area contributed by atoms with Crippen molar-refractivity contribution in [3.05, 3.63) is 59.7 Å². The van der Waals surface area contributed by atoms with E-state index in [9.17, 15) is 18.0 Å². The van der Waals surface area contributed by atoms with Crippen molar-refractivity contribution in [3.63, 3.8) is 0 Å². The SMILES string of the molecule is CCN(Cc1ccc(C(=O)N2CCC(C(=O)Nc3ccc(S(N)(=O)=O)cc3)CC2)cc1)C(C)C. The number of benzene rings is 2. The van der Waals surface area contributed by atoms with Crippen LogP contribution in [0.5, 0.6) is 0 Å². The normalized spacial score (nSPS) is 15.1. The van der Waals surface area contributed by atoms with Gasteiger partial charge < -0.3 is 10.2 Å². The molecule has 0 bridgehead atoms. The van der Waals surface area contributed by atoms with Crippen LogP contribution in [0.4, 0.5) is 5.69 Å². The fourth-order valence-electron chi connectivity index (χ4n) is 4.15. The van der Waals surface area contributed by atoms with Crippen LogP contribution < -0.4 is 10.5 Å². The summed E-state index contributed by atoms with van der Waals surface area (Å²) < 4.78 is 22.7. The number of carbonyl (C=O) groups excluding carboxylic acids is 2. The number of nitrogens with one attached hydrogen (secondary N) is 1. The molecule has 184 valence electrons. The molecule has 1 aliphatic rings. The Balaban J connectivity index is 1.52. The van der Waals surface area contributed by atoms with Gasteiger partial charge in [-0.2, -0.15) is 0 Å². The summed E-state index contributed by atoms with van der Waals surface area (Å²) in [5.74, 6) is -0.356. The molecular formula is C25H34N4O4S. The van der Waals surface area contributed by atoms with E-state index < -0.39 is 10.0 Å². The monoisotopic (exact) mass is 486 g/mol. The maximum absolute atomic E-state index is 12.9. The van der Waals surface area contributed by atoms with Crippen molar-refractivity contribution in [2.45, 2.75) is 51.1 Å². The molecule has 9 heteroatoms. The summed E-state index contributed by atoms with van der Waals surface area (Å²) in [6, 6.07) is 14.0. The summed E-state index contributed by atoms with van der Waals surface area (Å²) in [6.45, 7) is 9.35. The molecular weight excluding hydrogens is 452 g/mol. The smallest absolute Gasteiger partial charge is 0.253 e. The van der Waals surface area contributed by atoms with Crippen molar-refractivity contribution in [2.24, 2.45) is 11.1 Å². The maximum atomic E-state index is 12.9. The Hall–Kier alpha value is -2.75. The molecule has 0 aliphatic carbocycles. The third-order valence-corrected chi connectivity index (χ3v) is 7.26. The van der Waals surface area contributed by atoms with Gasteiger partial charge in [-0.25, -0.2) is 13.6 Å². The molecule has 8 nitrogen and oxygen atoms in total. The molecule has 1 aliphatic heterocycles. The van der Waals surface area contributed by atoms with E-state index in [1.807, 2.05) is 24.3 Å². The number of rotatable bonds is 8. The summed E-state index contributed by atoms with van der Waals surface area (Å²) in [4.78, 5) is 29.7. The van der Waals surface area contributed by atoms with Crippen LogP contribution in [0.15, 0.2) is 53.4 Å². The fourth-order valence-corrected chi connectivity index (χ4v) is 4.66. The first-order valence-corrected chi connectivity index (χ1v) is 13.2. The third-order valence-electron chi connectivity index (χ3n) is 6.33. The minimum absolute atomic E-state index is 0.00651. The summed E-state index contributed by atoms with van der Waals surface area (Å²) in [6.07, 6.45) is 1.15. The highest BCUT2D eigenvalue weighted by Crippen LogP contribution is 2.22. The lowest BCUT2D eigenvalue weighted by Crippen LogP contribution is -2.41. The van der Waals surface area contributed by atoms with Crippen molar-refractivity contribution in [2.75, 3.05) is 25.0 Å². The van der Waals surface area contributed by atoms with Crippen LogP contribution in [0.2, 0.25) is 0 Å². The van der Waals surface area contributed by atoms with Gasteiger partial charge in [0.1, 0.15) is 0 Å². The topological polar surface area (TPSA) is 113 Å². The molecule has 2 aromatic carbocycles. The van der Waals surface area contributed by atoms with Crippen molar-refractivity contribution < 1.29 is 18.0 Å². The number of nitrogens with two attached hydrogens (primary N) is 1. The third kappa shape index (κ3) is 6.65. The van der Waals surface area contributed by atoms with E-state index in [1.165, 1.54) is 29.8 Å². The van der Waals surface area contributed by atoms with E-state index in [0.29, 0.717) is 43.2 Å². The second-order valence-corrected chi connectivity index (χ2v) is 10.5. The van der Waals surface area contributed by atoms with Crippen LogP contribution >= 0.6 is 0 Å². The predicted molar refractivity (Wildman–Crippen MR) is 133 cm³/mol. The molecule has 2 aromatic rings. The zero-order valence-electron chi connectivity index (χ0n) is 20.0. The van der Waals surface area contributed by atoms with E-state index in [-0.39, 0.29) is 22.6 Å². The number of anilines is 1. The Labute approximate surface area is 202 Å². The van der Waals surface area contributed by atoms with Crippen LogP contribution in [0, 0.1) is 5.92 Å². The Morgan fingerprint density at radius 2 is 1.65 bits per heavy atom. The zero-order valence-corrected chi connectivity index (χ0v) is 20.8. The molecule has 1 fully saturated rings. The lowest BCUT2D eigenvalue weighted by Gasteiger charge is -2.31. The van der Waals surface area contributed by atoms with Gasteiger partial charge in [0, 0.05) is 42.8 Å². The van der Waals surface area contributed by atoms with Gasteiger partial charge >= 0.3 is 0 Å². The van der Waals surface area contributed by atoms with Crippen LogP contribution in [0.3, 0.4) is 0 Å². The largest absolute Gasteiger partial charge is 0.339 e. The molecule has 0 saturated carbocycles. The molecule has 0 atom stereocenters. The molecule has 3 rings (SSSR count). The Morgan fingerprint density at radius 3 is 2.15 bits per heavy atom. The number of amides is 2. The molecule has 0 unspecified atom stereocenters. The summed E-state index contributed by atoms with van der Waals surface area (Å²) in [7, 11) is -3.77. The average Bonchev–Trinajstić information content (AvgIpc) is 2.82. The first-order chi connectivity index (χ1) is 16.1. The second kappa shape index (κ2) is 11.1. The van der Waals surface area contributed by atoms with Gasteiger partial charge in [0.25, 0.3) is 5.91 Å². The number of hydrogen-bond donors (Lipinski definition) is 2. The standard InChI is InChI=1S/C25H34N4O4S/c1-4-28(18(2)3)17-19-5-7-21(8-6-19)25(31)29-15-13-20(14-16-29)24(30)27-22-9-11-23(12-10-22)34(26,32)33/h5-12,18,20H,4,13-17H2,1-3H3,(H,27,30)(H2,26,32,33). The van der Waals surface area contributed by atoms with Crippen LogP contribution in [0.1, 0.15) is 49.5 Å². The molecule has 1 heterocycles. The van der Waals surface area contributed by atoms with Gasteiger partial charge in [0.15, 0.2) is 0 Å². The zero-order chi connectivity index (χ0) is 24.9. The van der Waals surface area contributed by atoms with Gasteiger partial charge in [-0.15, -0.1) is 0 Å². The van der Waals surface area contributed by atoms with Crippen molar-refractivity contribution >= 4 is 27.5 Å². The molecule has 0 radical (unpaired) electrons. The molecule has 1 saturated heterocycles. The number of sulfonamides is 1. The number of nitrogens with zero attached hydrogens (tertiary/aromatic N) is 2. The van der Waals surface area contributed by atoms with Crippen LogP contribution in [0.25, 0.3) is 0 Å². The van der Waals surface area contributed by atoms with Crippen molar-refractivity contribution in [1.29, 1.82) is 0 Å². The number of likely N-dealkylation sites (tertiary alicyclic amines) is 1. The number of piperidine rings is 1. The Bertz CT molecular complexity index is 1090. The van der Waals surface area contributed by atoms with Crippen molar-refractivity contribution in [1.82, 2.24) is 9.80 Å². The van der Waals surface area contributed by atoms with Gasteiger partial charge in [0.2, 0.25) is 15.9 Å². The van der Waals surface area contributed by atoms with Crippen molar-refractivity contribution in [3.8, 4) is 0 Å². The Morgan fingerprint density at radius 1 is 1.06 bits per heavy atom. The highest BCUT2D eigenvalue weighted by atomic mass is 32.2. The van der Waals surface area contributed by atoms with Crippen LogP contribution in [-0.2, 0) is 21.4 Å². The minimum Gasteiger partial charge on any atom is -0.339 e. The maximum Gasteiger partial charge on any atom is 0.253 e. The van der Waals surface area contributed by atoms with Gasteiger partial charge in [-0.3, -0.25) is 14.5 Å². The fraction of sp³-hybridized carbons (Fsp3) is 0.440. The Kier molecular flexibility index (Phi) is 8.46. The molecule has 2 amide bonds. The van der Waals surface area contributed by atoms with E-state index in [0.717, 1.165) is 13.1 Å². The predicted octanol–water partition coefficient (Wildman–Crippen LogP) is 3.06. The quantitative estimate of drug-likeness (QED) is 0.595. The molecule has 0 aromatic heterocycles. The number of hydrogen-bond acceptors (Lipinski definition) is 5. The lowest BCUT2D eigenvalue weighted by molar-refractivity contribution is -0.121. The highest BCUT2D eigenvalue weighted by Gasteiger charge is 2.28. The molecule has 34 heavy (non-hydrogen) atoms. The van der Waals surface area contributed by atoms with E-state index >= 15 is 0 Å². The summed E-state index contributed by atoms with van der Waals surface area (Å²) in [5, 5.41) is 7.92. The number of primary sulfonamides is 1. The van der Waals surface area contributed by atoms with E-state index in [2.05, 4.69) is 31.0 Å². The van der Waals surface area contributed by atoms with E-state index in [1.54, 1.807) is 4.90 Å². The first-order valence-electron chi connectivity index (χ1n) is 11.6. The highest BCUT2D eigenvalue weighted by molar-refractivity contribution is 7.89. The molecule has 0 spiro atoms. The van der Waals surface area contributed by atoms with Gasteiger partial charge in [-0.05, 0) is 75.2 Å². The molecule has 3 N–H and O–H groups in total. The number of carbonyl (C=O) groups is 2. The summed E-state index contributed by atoms with van der Waals surface area (Å²) in [5.41, 5.74) is 2.35.